The highest BCUT2D eigenvalue weighted by Gasteiger charge is 2.39. The lowest BCUT2D eigenvalue weighted by atomic mass is 10.0. The smallest absolute Gasteiger partial charge is 0.278 e. The van der Waals surface area contributed by atoms with Crippen molar-refractivity contribution in [1.82, 2.24) is 5.32 Å². The number of hydrogen-bond donors (Lipinski definition) is 2. The molecule has 2 aliphatic rings. The molecule has 2 N–H and O–H groups in total. The molecule has 0 bridgehead atoms. The summed E-state index contributed by atoms with van der Waals surface area (Å²) in [6, 6.07) is 6.67. The van der Waals surface area contributed by atoms with Crippen LogP contribution < -0.4 is 19.7 Å². The third kappa shape index (κ3) is 3.44. The van der Waals surface area contributed by atoms with Crippen LogP contribution in [0, 0.1) is 0 Å². The van der Waals surface area contributed by atoms with Gasteiger partial charge in [0.25, 0.3) is 5.91 Å². The van der Waals surface area contributed by atoms with Gasteiger partial charge >= 0.3 is 0 Å². The first kappa shape index (κ1) is 16.1. The average Bonchev–Trinajstić information content (AvgIpc) is 3.26. The van der Waals surface area contributed by atoms with E-state index in [0.717, 1.165) is 43.7 Å². The molecular formula is C18H27N2O3+. The zero-order valence-electron chi connectivity index (χ0n) is 14.2. The fourth-order valence-electron chi connectivity index (χ4n) is 3.57. The minimum Gasteiger partial charge on any atom is -0.497 e. The molecular weight excluding hydrogens is 292 g/mol. The van der Waals surface area contributed by atoms with E-state index in [4.69, 9.17) is 9.47 Å². The van der Waals surface area contributed by atoms with Gasteiger partial charge in [-0.15, -0.1) is 0 Å². The van der Waals surface area contributed by atoms with E-state index in [0.29, 0.717) is 12.1 Å². The molecule has 1 aromatic rings. The van der Waals surface area contributed by atoms with E-state index in [9.17, 15) is 4.79 Å². The predicted molar refractivity (Wildman–Crippen MR) is 88.0 cm³/mol. The largest absolute Gasteiger partial charge is 0.497 e. The molecule has 0 radical (unpaired) electrons. The van der Waals surface area contributed by atoms with Gasteiger partial charge in [-0.25, -0.2) is 0 Å². The Hall–Kier alpha value is -1.75. The first-order chi connectivity index (χ1) is 11.1. The number of ether oxygens (including phenoxy) is 2. The number of benzene rings is 1. The van der Waals surface area contributed by atoms with Gasteiger partial charge in [-0.2, -0.15) is 0 Å². The quantitative estimate of drug-likeness (QED) is 0.825. The molecule has 1 aliphatic heterocycles. The van der Waals surface area contributed by atoms with E-state index in [2.05, 4.69) is 11.4 Å². The Kier molecular flexibility index (Phi) is 4.76. The van der Waals surface area contributed by atoms with Gasteiger partial charge in [0.1, 0.15) is 17.5 Å². The maximum absolute atomic E-state index is 12.4. The van der Waals surface area contributed by atoms with Crippen molar-refractivity contribution in [2.24, 2.45) is 0 Å². The number of hydrogen-bond acceptors (Lipinski definition) is 3. The zero-order chi connectivity index (χ0) is 16.4. The highest BCUT2D eigenvalue weighted by atomic mass is 16.5. The molecule has 5 nitrogen and oxygen atoms in total. The summed E-state index contributed by atoms with van der Waals surface area (Å²) in [5, 5.41) is 3.14. The summed E-state index contributed by atoms with van der Waals surface area (Å²) < 4.78 is 10.9. The van der Waals surface area contributed by atoms with Crippen molar-refractivity contribution in [3.8, 4) is 11.5 Å². The van der Waals surface area contributed by atoms with Crippen LogP contribution in [0.15, 0.2) is 18.2 Å². The monoisotopic (exact) mass is 319 g/mol. The van der Waals surface area contributed by atoms with Gasteiger partial charge in [0.15, 0.2) is 6.04 Å². The number of likely N-dealkylation sites (tertiary alicyclic amines) is 1. The molecule has 126 valence electrons. The van der Waals surface area contributed by atoms with Crippen molar-refractivity contribution >= 4 is 5.91 Å². The van der Waals surface area contributed by atoms with E-state index >= 15 is 0 Å². The van der Waals surface area contributed by atoms with Crippen molar-refractivity contribution < 1.29 is 19.2 Å². The summed E-state index contributed by atoms with van der Waals surface area (Å²) in [4.78, 5) is 13.8. The Morgan fingerprint density at radius 2 is 2.04 bits per heavy atom. The molecule has 1 saturated heterocycles. The van der Waals surface area contributed by atoms with Gasteiger partial charge in [0, 0.05) is 24.9 Å². The van der Waals surface area contributed by atoms with E-state index in [1.54, 1.807) is 14.2 Å². The van der Waals surface area contributed by atoms with Crippen LogP contribution in [0.5, 0.6) is 11.5 Å². The maximum Gasteiger partial charge on any atom is 0.278 e. The molecule has 3 rings (SSSR count). The zero-order valence-corrected chi connectivity index (χ0v) is 14.2. The molecule has 1 heterocycles. The third-order valence-corrected chi connectivity index (χ3v) is 5.10. The summed E-state index contributed by atoms with van der Waals surface area (Å²) >= 11 is 0. The Morgan fingerprint density at radius 1 is 1.26 bits per heavy atom. The lowest BCUT2D eigenvalue weighted by Gasteiger charge is -2.28. The number of quaternary nitrogens is 1. The molecule has 0 aromatic heterocycles. The third-order valence-electron chi connectivity index (χ3n) is 5.10. The number of rotatable bonds is 6. The fraction of sp³-hybridized carbons (Fsp3) is 0.611. The van der Waals surface area contributed by atoms with Crippen molar-refractivity contribution in [3.05, 3.63) is 23.8 Å². The topological polar surface area (TPSA) is 52.0 Å². The number of nitrogens with one attached hydrogen (secondary N) is 2. The van der Waals surface area contributed by atoms with E-state index in [1.807, 2.05) is 19.1 Å². The molecule has 1 aliphatic carbocycles. The molecule has 1 saturated carbocycles. The molecule has 1 aromatic carbocycles. The summed E-state index contributed by atoms with van der Waals surface area (Å²) in [7, 11) is 3.35. The SMILES string of the molecule is COc1ccc([C@H]2CCC[NH+]2[C@@H](C)C(=O)NC2CC2)c(OC)c1. The van der Waals surface area contributed by atoms with Crippen molar-refractivity contribution in [2.75, 3.05) is 20.8 Å². The highest BCUT2D eigenvalue weighted by Crippen LogP contribution is 2.32. The van der Waals surface area contributed by atoms with Crippen LogP contribution in [0.2, 0.25) is 0 Å². The summed E-state index contributed by atoms with van der Waals surface area (Å²) in [5.41, 5.74) is 1.17. The Morgan fingerprint density at radius 3 is 2.70 bits per heavy atom. The van der Waals surface area contributed by atoms with Gasteiger partial charge in [-0.05, 0) is 31.9 Å². The van der Waals surface area contributed by atoms with Crippen LogP contribution >= 0.6 is 0 Å². The Labute approximate surface area is 137 Å². The van der Waals surface area contributed by atoms with Crippen LogP contribution in [0.25, 0.3) is 0 Å². The van der Waals surface area contributed by atoms with Gasteiger partial charge < -0.3 is 19.7 Å². The maximum atomic E-state index is 12.4. The van der Waals surface area contributed by atoms with Crippen LogP contribution in [0.4, 0.5) is 0 Å². The number of methoxy groups -OCH3 is 2. The van der Waals surface area contributed by atoms with E-state index in [-0.39, 0.29) is 11.9 Å². The summed E-state index contributed by atoms with van der Waals surface area (Å²) in [5.74, 6) is 1.83. The summed E-state index contributed by atoms with van der Waals surface area (Å²) in [6.07, 6.45) is 4.47. The number of amides is 1. The van der Waals surface area contributed by atoms with Crippen molar-refractivity contribution in [1.29, 1.82) is 0 Å². The molecule has 1 unspecified atom stereocenters. The van der Waals surface area contributed by atoms with Crippen LogP contribution in [-0.4, -0.2) is 38.8 Å². The van der Waals surface area contributed by atoms with Crippen LogP contribution in [0.1, 0.15) is 44.2 Å². The van der Waals surface area contributed by atoms with Gasteiger partial charge in [0.05, 0.1) is 26.3 Å². The molecule has 3 atom stereocenters. The Bertz CT molecular complexity index is 571. The first-order valence-corrected chi connectivity index (χ1v) is 8.52. The number of carbonyl (C=O) groups is 1. The first-order valence-electron chi connectivity index (χ1n) is 8.52. The second-order valence-electron chi connectivity index (χ2n) is 6.63. The minimum absolute atomic E-state index is 0.0325. The predicted octanol–water partition coefficient (Wildman–Crippen LogP) is 1.09. The van der Waals surface area contributed by atoms with Gasteiger partial charge in [-0.1, -0.05) is 0 Å². The Balaban J connectivity index is 1.79. The van der Waals surface area contributed by atoms with Crippen molar-refractivity contribution in [2.45, 2.75) is 50.7 Å². The summed E-state index contributed by atoms with van der Waals surface area (Å²) in [6.45, 7) is 3.07. The second-order valence-corrected chi connectivity index (χ2v) is 6.63. The van der Waals surface area contributed by atoms with Crippen molar-refractivity contribution in [3.63, 3.8) is 0 Å². The molecule has 23 heavy (non-hydrogen) atoms. The van der Waals surface area contributed by atoms with Gasteiger partial charge in [0.2, 0.25) is 0 Å². The molecule has 0 spiro atoms. The standard InChI is InChI=1S/C18H26N2O3/c1-12(18(21)19-13-6-7-13)20-10-4-5-16(20)15-9-8-14(22-2)11-17(15)23-3/h8-9,11-13,16H,4-7,10H2,1-3H3,(H,19,21)/p+1/t12-,16+/m0/s1. The number of carbonyl (C=O) groups excluding carboxylic acids is 1. The van der Waals surface area contributed by atoms with Crippen LogP contribution in [-0.2, 0) is 4.79 Å². The van der Waals surface area contributed by atoms with Gasteiger partial charge in [-0.3, -0.25) is 4.79 Å². The van der Waals surface area contributed by atoms with E-state index < -0.39 is 0 Å². The normalized spacial score (nSPS) is 25.0. The average molecular weight is 319 g/mol. The van der Waals surface area contributed by atoms with E-state index in [1.165, 1.54) is 10.5 Å². The molecule has 2 fully saturated rings. The lowest BCUT2D eigenvalue weighted by molar-refractivity contribution is -0.932. The minimum atomic E-state index is -0.0325. The highest BCUT2D eigenvalue weighted by molar-refractivity contribution is 5.80. The lowest BCUT2D eigenvalue weighted by Crippen LogP contribution is -3.15. The second kappa shape index (κ2) is 6.79. The molecule has 1 amide bonds. The fourth-order valence-corrected chi connectivity index (χ4v) is 3.57. The molecule has 5 heteroatoms. The van der Waals surface area contributed by atoms with Crippen LogP contribution in [0.3, 0.4) is 0 Å².